The van der Waals surface area contributed by atoms with Crippen molar-refractivity contribution in [1.29, 1.82) is 5.26 Å². The van der Waals surface area contributed by atoms with E-state index in [-0.39, 0.29) is 5.91 Å². The normalized spacial score (nSPS) is 16.6. The van der Waals surface area contributed by atoms with Crippen molar-refractivity contribution in [2.75, 3.05) is 6.54 Å². The van der Waals surface area contributed by atoms with Crippen LogP contribution < -0.4 is 0 Å². The van der Waals surface area contributed by atoms with Gasteiger partial charge < -0.3 is 4.90 Å². The molecule has 0 radical (unpaired) electrons. The number of nitrogens with zero attached hydrogens (tertiary/aromatic N) is 3. The highest BCUT2D eigenvalue weighted by molar-refractivity contribution is 5.85. The smallest absolute Gasteiger partial charge is 0.243 e. The second-order valence-corrected chi connectivity index (χ2v) is 5.49. The number of rotatable bonds is 4. The van der Waals surface area contributed by atoms with Crippen molar-refractivity contribution < 1.29 is 4.79 Å². The summed E-state index contributed by atoms with van der Waals surface area (Å²) in [5, 5.41) is 9.43. The third kappa shape index (κ3) is 2.82. The van der Waals surface area contributed by atoms with Crippen molar-refractivity contribution in [2.24, 2.45) is 5.41 Å². The number of hydrogen-bond donors (Lipinski definition) is 0. The molecule has 1 aliphatic rings. The summed E-state index contributed by atoms with van der Waals surface area (Å²) in [5.74, 6) is -0.0247. The van der Waals surface area contributed by atoms with Crippen molar-refractivity contribution in [2.45, 2.75) is 46.1 Å². The highest BCUT2D eigenvalue weighted by Gasteiger charge is 2.43. The average molecular weight is 271 g/mol. The van der Waals surface area contributed by atoms with Crippen molar-refractivity contribution in [3.8, 4) is 6.07 Å². The van der Waals surface area contributed by atoms with Crippen LogP contribution in [0.2, 0.25) is 0 Å². The number of aromatic nitrogens is 1. The van der Waals surface area contributed by atoms with Crippen LogP contribution in [-0.4, -0.2) is 22.3 Å². The predicted octanol–water partition coefficient (Wildman–Crippen LogP) is 2.82. The fourth-order valence-corrected chi connectivity index (χ4v) is 2.87. The number of carbonyl (C=O) groups is 1. The summed E-state index contributed by atoms with van der Waals surface area (Å²) < 4.78 is 0. The third-order valence-corrected chi connectivity index (χ3v) is 4.05. The van der Waals surface area contributed by atoms with E-state index >= 15 is 0 Å². The van der Waals surface area contributed by atoms with Crippen LogP contribution in [0, 0.1) is 23.7 Å². The van der Waals surface area contributed by atoms with Gasteiger partial charge in [0.05, 0.1) is 18.3 Å². The molecule has 1 fully saturated rings. The molecule has 1 aromatic heterocycles. The number of pyridine rings is 1. The van der Waals surface area contributed by atoms with Gasteiger partial charge in [0.25, 0.3) is 0 Å². The summed E-state index contributed by atoms with van der Waals surface area (Å²) in [6.45, 7) is 4.99. The zero-order valence-electron chi connectivity index (χ0n) is 12.2. The average Bonchev–Trinajstić information content (AvgIpc) is 2.94. The van der Waals surface area contributed by atoms with Crippen LogP contribution in [0.25, 0.3) is 0 Å². The van der Waals surface area contributed by atoms with Crippen LogP contribution in [0.5, 0.6) is 0 Å². The lowest BCUT2D eigenvalue weighted by molar-refractivity contribution is -0.139. The second kappa shape index (κ2) is 6.04. The van der Waals surface area contributed by atoms with E-state index in [1.165, 1.54) is 0 Å². The van der Waals surface area contributed by atoms with E-state index in [4.69, 9.17) is 0 Å². The van der Waals surface area contributed by atoms with Gasteiger partial charge in [-0.1, -0.05) is 18.9 Å². The molecule has 0 atom stereocenters. The van der Waals surface area contributed by atoms with E-state index in [2.05, 4.69) is 11.1 Å². The van der Waals surface area contributed by atoms with Crippen molar-refractivity contribution >= 4 is 5.91 Å². The van der Waals surface area contributed by atoms with E-state index in [1.54, 1.807) is 4.90 Å². The van der Waals surface area contributed by atoms with Crippen molar-refractivity contribution in [3.63, 3.8) is 0 Å². The Bertz CT molecular complexity index is 527. The Labute approximate surface area is 120 Å². The van der Waals surface area contributed by atoms with Gasteiger partial charge in [0.1, 0.15) is 5.41 Å². The summed E-state index contributed by atoms with van der Waals surface area (Å²) in [6, 6.07) is 8.09. The van der Waals surface area contributed by atoms with Gasteiger partial charge in [-0.05, 0) is 38.8 Å². The van der Waals surface area contributed by atoms with Crippen molar-refractivity contribution in [1.82, 2.24) is 9.88 Å². The molecule has 1 heterocycles. The molecular weight excluding hydrogens is 250 g/mol. The molecule has 0 N–H and O–H groups in total. The maximum atomic E-state index is 12.7. The molecule has 0 saturated heterocycles. The number of amides is 1. The van der Waals surface area contributed by atoms with E-state index in [1.807, 2.05) is 32.0 Å². The van der Waals surface area contributed by atoms with Crippen LogP contribution >= 0.6 is 0 Å². The molecule has 0 spiro atoms. The predicted molar refractivity (Wildman–Crippen MR) is 76.6 cm³/mol. The van der Waals surface area contributed by atoms with Gasteiger partial charge in [0, 0.05) is 12.2 Å². The maximum absolute atomic E-state index is 12.7. The van der Waals surface area contributed by atoms with Gasteiger partial charge >= 0.3 is 0 Å². The molecule has 20 heavy (non-hydrogen) atoms. The fraction of sp³-hybridized carbons (Fsp3) is 0.562. The number of aryl methyl sites for hydroxylation is 1. The molecule has 0 aromatic carbocycles. The van der Waals surface area contributed by atoms with Crippen LogP contribution in [0.4, 0.5) is 0 Å². The summed E-state index contributed by atoms with van der Waals surface area (Å²) in [6.07, 6.45) is 3.33. The van der Waals surface area contributed by atoms with Crippen LogP contribution in [0.1, 0.15) is 44.0 Å². The molecule has 1 aliphatic carbocycles. The molecule has 1 aromatic rings. The Hall–Kier alpha value is -1.89. The first-order valence-corrected chi connectivity index (χ1v) is 7.24. The summed E-state index contributed by atoms with van der Waals surface area (Å²) >= 11 is 0. The molecule has 4 nitrogen and oxygen atoms in total. The minimum Gasteiger partial charge on any atom is -0.336 e. The van der Waals surface area contributed by atoms with Gasteiger partial charge in [0.15, 0.2) is 0 Å². The molecule has 2 rings (SSSR count). The largest absolute Gasteiger partial charge is 0.336 e. The Morgan fingerprint density at radius 2 is 2.15 bits per heavy atom. The van der Waals surface area contributed by atoms with Crippen LogP contribution in [0.3, 0.4) is 0 Å². The highest BCUT2D eigenvalue weighted by atomic mass is 16.2. The first-order chi connectivity index (χ1) is 9.61. The summed E-state index contributed by atoms with van der Waals surface area (Å²) in [7, 11) is 0. The molecule has 106 valence electrons. The SMILES string of the molecule is CCN(Cc1cccc(C)n1)C(=O)C1(C#N)CCCC1. The number of nitriles is 1. The molecule has 1 amide bonds. The number of hydrogen-bond acceptors (Lipinski definition) is 3. The maximum Gasteiger partial charge on any atom is 0.243 e. The van der Waals surface area contributed by atoms with E-state index < -0.39 is 5.41 Å². The van der Waals surface area contributed by atoms with Gasteiger partial charge in [0.2, 0.25) is 5.91 Å². The molecule has 4 heteroatoms. The summed E-state index contributed by atoms with van der Waals surface area (Å²) in [4.78, 5) is 18.9. The zero-order chi connectivity index (χ0) is 14.6. The van der Waals surface area contributed by atoms with Crippen LogP contribution in [0.15, 0.2) is 18.2 Å². The second-order valence-electron chi connectivity index (χ2n) is 5.49. The van der Waals surface area contributed by atoms with E-state index in [0.29, 0.717) is 25.9 Å². The standard InChI is InChI=1S/C16H21N3O/c1-3-19(11-14-8-6-7-13(2)18-14)15(20)16(12-17)9-4-5-10-16/h6-8H,3-5,9-11H2,1-2H3. The van der Waals surface area contributed by atoms with Gasteiger partial charge in [-0.2, -0.15) is 5.26 Å². The third-order valence-electron chi connectivity index (χ3n) is 4.05. The molecule has 0 aliphatic heterocycles. The van der Waals surface area contributed by atoms with Gasteiger partial charge in [-0.25, -0.2) is 0 Å². The monoisotopic (exact) mass is 271 g/mol. The fourth-order valence-electron chi connectivity index (χ4n) is 2.87. The molecular formula is C16H21N3O. The first kappa shape index (κ1) is 14.5. The first-order valence-electron chi connectivity index (χ1n) is 7.24. The number of carbonyl (C=O) groups excluding carboxylic acids is 1. The molecule has 0 bridgehead atoms. The Kier molecular flexibility index (Phi) is 4.39. The minimum absolute atomic E-state index is 0.0247. The van der Waals surface area contributed by atoms with Crippen molar-refractivity contribution in [3.05, 3.63) is 29.6 Å². The lowest BCUT2D eigenvalue weighted by Crippen LogP contribution is -2.41. The molecule has 0 unspecified atom stereocenters. The van der Waals surface area contributed by atoms with E-state index in [9.17, 15) is 10.1 Å². The van der Waals surface area contributed by atoms with Gasteiger partial charge in [-0.3, -0.25) is 9.78 Å². The zero-order valence-corrected chi connectivity index (χ0v) is 12.2. The summed E-state index contributed by atoms with van der Waals surface area (Å²) in [5.41, 5.74) is 1.04. The Balaban J connectivity index is 2.16. The van der Waals surface area contributed by atoms with E-state index in [0.717, 1.165) is 24.2 Å². The van der Waals surface area contributed by atoms with Gasteiger partial charge in [-0.15, -0.1) is 0 Å². The highest BCUT2D eigenvalue weighted by Crippen LogP contribution is 2.39. The van der Waals surface area contributed by atoms with Crippen LogP contribution in [-0.2, 0) is 11.3 Å². The topological polar surface area (TPSA) is 57.0 Å². The Morgan fingerprint density at radius 1 is 1.45 bits per heavy atom. The lowest BCUT2D eigenvalue weighted by atomic mass is 9.86. The quantitative estimate of drug-likeness (QED) is 0.846. The molecule has 1 saturated carbocycles. The minimum atomic E-state index is -0.792. The Morgan fingerprint density at radius 3 is 2.70 bits per heavy atom. The lowest BCUT2D eigenvalue weighted by Gasteiger charge is -2.28.